The van der Waals surface area contributed by atoms with Gasteiger partial charge in [-0.15, -0.1) is 0 Å². The molecule has 0 radical (unpaired) electrons. The lowest BCUT2D eigenvalue weighted by atomic mass is 10.1. The number of nitrogens with one attached hydrogen (secondary N) is 1. The van der Waals surface area contributed by atoms with E-state index in [-0.39, 0.29) is 11.8 Å². The Bertz CT molecular complexity index is 791. The molecule has 0 aliphatic heterocycles. The highest BCUT2D eigenvalue weighted by molar-refractivity contribution is 6.30. The van der Waals surface area contributed by atoms with E-state index in [1.165, 1.54) is 0 Å². The Hall–Kier alpha value is -2.53. The third-order valence-corrected chi connectivity index (χ3v) is 4.45. The number of halogens is 1. The van der Waals surface area contributed by atoms with Crippen LogP contribution < -0.4 is 10.1 Å². The summed E-state index contributed by atoms with van der Waals surface area (Å²) in [7, 11) is 3.37. The van der Waals surface area contributed by atoms with Gasteiger partial charge in [0, 0.05) is 37.6 Å². The lowest BCUT2D eigenvalue weighted by molar-refractivity contribution is -0.130. The minimum Gasteiger partial charge on any atom is -0.493 e. The molecule has 2 amide bonds. The number of amides is 2. The van der Waals surface area contributed by atoms with E-state index in [9.17, 15) is 9.59 Å². The molecule has 1 N–H and O–H groups in total. The Labute approximate surface area is 165 Å². The van der Waals surface area contributed by atoms with Crippen molar-refractivity contribution in [2.75, 3.05) is 20.7 Å². The minimum atomic E-state index is -0.123. The molecule has 0 atom stereocenters. The third kappa shape index (κ3) is 6.29. The second-order valence-electron chi connectivity index (χ2n) is 6.39. The standard InChI is InChI=1S/C21H25ClN2O3/c1-15-13-18(22)10-11-19(15)27-12-4-5-20(25)24(3)14-16-6-8-17(9-7-16)21(26)23-2/h6-11,13H,4-5,12,14H2,1-3H3,(H,23,26). The van der Waals surface area contributed by atoms with Gasteiger partial charge in [-0.1, -0.05) is 23.7 Å². The summed E-state index contributed by atoms with van der Waals surface area (Å²) in [4.78, 5) is 25.5. The third-order valence-electron chi connectivity index (χ3n) is 4.22. The highest BCUT2D eigenvalue weighted by Gasteiger charge is 2.10. The molecule has 0 spiro atoms. The molecule has 144 valence electrons. The highest BCUT2D eigenvalue weighted by Crippen LogP contribution is 2.22. The number of ether oxygens (including phenoxy) is 1. The first-order valence-corrected chi connectivity index (χ1v) is 9.22. The summed E-state index contributed by atoms with van der Waals surface area (Å²) in [5.41, 5.74) is 2.56. The topological polar surface area (TPSA) is 58.6 Å². The maximum Gasteiger partial charge on any atom is 0.251 e. The van der Waals surface area contributed by atoms with E-state index < -0.39 is 0 Å². The Morgan fingerprint density at radius 1 is 1.15 bits per heavy atom. The molecular weight excluding hydrogens is 364 g/mol. The van der Waals surface area contributed by atoms with Crippen molar-refractivity contribution >= 4 is 23.4 Å². The number of hydrogen-bond acceptors (Lipinski definition) is 3. The zero-order valence-electron chi connectivity index (χ0n) is 15.9. The Morgan fingerprint density at radius 2 is 1.85 bits per heavy atom. The molecule has 6 heteroatoms. The maximum atomic E-state index is 12.3. The molecule has 27 heavy (non-hydrogen) atoms. The normalized spacial score (nSPS) is 10.4. The fourth-order valence-corrected chi connectivity index (χ4v) is 2.87. The van der Waals surface area contributed by atoms with E-state index in [0.717, 1.165) is 16.9 Å². The van der Waals surface area contributed by atoms with Crippen LogP contribution in [0.2, 0.25) is 5.02 Å². The molecule has 2 aromatic carbocycles. The smallest absolute Gasteiger partial charge is 0.251 e. The van der Waals surface area contributed by atoms with Crippen LogP contribution >= 0.6 is 11.6 Å². The van der Waals surface area contributed by atoms with Crippen molar-refractivity contribution in [3.8, 4) is 5.75 Å². The Kier molecular flexibility index (Phi) is 7.67. The fourth-order valence-electron chi connectivity index (χ4n) is 2.64. The van der Waals surface area contributed by atoms with Crippen LogP contribution in [0.1, 0.15) is 34.3 Å². The molecule has 0 aliphatic rings. The van der Waals surface area contributed by atoms with Crippen LogP contribution in [-0.4, -0.2) is 37.4 Å². The van der Waals surface area contributed by atoms with E-state index in [1.807, 2.05) is 31.2 Å². The second kappa shape index (κ2) is 9.97. The molecule has 2 rings (SSSR count). The van der Waals surface area contributed by atoms with Gasteiger partial charge in [-0.3, -0.25) is 9.59 Å². The van der Waals surface area contributed by atoms with Gasteiger partial charge < -0.3 is 15.0 Å². The summed E-state index contributed by atoms with van der Waals surface area (Å²) in [6, 6.07) is 12.7. The van der Waals surface area contributed by atoms with E-state index in [4.69, 9.17) is 16.3 Å². The van der Waals surface area contributed by atoms with Crippen molar-refractivity contribution < 1.29 is 14.3 Å². The van der Waals surface area contributed by atoms with E-state index in [1.54, 1.807) is 37.2 Å². The number of rotatable bonds is 8. The summed E-state index contributed by atoms with van der Waals surface area (Å²) in [5.74, 6) is 0.722. The monoisotopic (exact) mass is 388 g/mol. The van der Waals surface area contributed by atoms with Crippen molar-refractivity contribution in [1.29, 1.82) is 0 Å². The van der Waals surface area contributed by atoms with Crippen LogP contribution in [-0.2, 0) is 11.3 Å². The first-order chi connectivity index (χ1) is 12.9. The average molecular weight is 389 g/mol. The van der Waals surface area contributed by atoms with Gasteiger partial charge >= 0.3 is 0 Å². The van der Waals surface area contributed by atoms with Crippen molar-refractivity contribution in [1.82, 2.24) is 10.2 Å². The molecule has 5 nitrogen and oxygen atoms in total. The molecule has 0 bridgehead atoms. The lowest BCUT2D eigenvalue weighted by Gasteiger charge is -2.17. The molecular formula is C21H25ClN2O3. The van der Waals surface area contributed by atoms with Gasteiger partial charge in [0.25, 0.3) is 5.91 Å². The van der Waals surface area contributed by atoms with Crippen LogP contribution in [0.5, 0.6) is 5.75 Å². The number of carbonyl (C=O) groups is 2. The van der Waals surface area contributed by atoms with Crippen LogP contribution in [0, 0.1) is 6.92 Å². The van der Waals surface area contributed by atoms with Crippen LogP contribution in [0.15, 0.2) is 42.5 Å². The molecule has 0 unspecified atom stereocenters. The van der Waals surface area contributed by atoms with Gasteiger partial charge in [-0.2, -0.15) is 0 Å². The molecule has 0 aromatic heterocycles. The van der Waals surface area contributed by atoms with Gasteiger partial charge in [0.1, 0.15) is 5.75 Å². The van der Waals surface area contributed by atoms with E-state index >= 15 is 0 Å². The largest absolute Gasteiger partial charge is 0.493 e. The number of carbonyl (C=O) groups excluding carboxylic acids is 2. The van der Waals surface area contributed by atoms with Crippen molar-refractivity contribution in [3.05, 3.63) is 64.2 Å². The summed E-state index contributed by atoms with van der Waals surface area (Å²) in [5, 5.41) is 3.27. The summed E-state index contributed by atoms with van der Waals surface area (Å²) >= 11 is 5.93. The van der Waals surface area contributed by atoms with Crippen LogP contribution in [0.4, 0.5) is 0 Å². The summed E-state index contributed by atoms with van der Waals surface area (Å²) in [6.45, 7) is 2.92. The predicted molar refractivity (Wildman–Crippen MR) is 107 cm³/mol. The SMILES string of the molecule is CNC(=O)c1ccc(CN(C)C(=O)CCCOc2ccc(Cl)cc2C)cc1. The van der Waals surface area contributed by atoms with Gasteiger partial charge in [0.2, 0.25) is 5.91 Å². The van der Waals surface area contributed by atoms with E-state index in [0.29, 0.717) is 36.6 Å². The van der Waals surface area contributed by atoms with Gasteiger partial charge in [-0.25, -0.2) is 0 Å². The first-order valence-electron chi connectivity index (χ1n) is 8.84. The quantitative estimate of drug-likeness (QED) is 0.699. The number of hydrogen-bond donors (Lipinski definition) is 1. The van der Waals surface area contributed by atoms with Crippen LogP contribution in [0.3, 0.4) is 0 Å². The summed E-state index contributed by atoms with van der Waals surface area (Å²) in [6.07, 6.45) is 1.06. The number of nitrogens with zero attached hydrogens (tertiary/aromatic N) is 1. The van der Waals surface area contributed by atoms with Gasteiger partial charge in [0.15, 0.2) is 0 Å². The molecule has 0 saturated heterocycles. The molecule has 2 aromatic rings. The molecule has 0 saturated carbocycles. The van der Waals surface area contributed by atoms with Gasteiger partial charge in [0.05, 0.1) is 6.61 Å². The number of aryl methyl sites for hydroxylation is 1. The minimum absolute atomic E-state index is 0.0572. The molecule has 0 fully saturated rings. The molecule has 0 heterocycles. The fraction of sp³-hybridized carbons (Fsp3) is 0.333. The van der Waals surface area contributed by atoms with Gasteiger partial charge in [-0.05, 0) is 54.8 Å². The van der Waals surface area contributed by atoms with Crippen molar-refractivity contribution in [2.45, 2.75) is 26.3 Å². The Balaban J connectivity index is 1.76. The lowest BCUT2D eigenvalue weighted by Crippen LogP contribution is -2.26. The van der Waals surface area contributed by atoms with Crippen molar-refractivity contribution in [3.63, 3.8) is 0 Å². The van der Waals surface area contributed by atoms with Crippen molar-refractivity contribution in [2.24, 2.45) is 0 Å². The predicted octanol–water partition coefficient (Wildman–Crippen LogP) is 3.83. The average Bonchev–Trinajstić information content (AvgIpc) is 2.66. The van der Waals surface area contributed by atoms with Crippen LogP contribution in [0.25, 0.3) is 0 Å². The zero-order chi connectivity index (χ0) is 19.8. The summed E-state index contributed by atoms with van der Waals surface area (Å²) < 4.78 is 5.72. The highest BCUT2D eigenvalue weighted by atomic mass is 35.5. The zero-order valence-corrected chi connectivity index (χ0v) is 16.7. The first kappa shape index (κ1) is 20.8. The van der Waals surface area contributed by atoms with E-state index in [2.05, 4.69) is 5.32 Å². The second-order valence-corrected chi connectivity index (χ2v) is 6.82. The maximum absolute atomic E-state index is 12.3. The number of benzene rings is 2. The molecule has 0 aliphatic carbocycles. The Morgan fingerprint density at radius 3 is 2.48 bits per heavy atom.